The summed E-state index contributed by atoms with van der Waals surface area (Å²) in [5, 5.41) is 16.8. The van der Waals surface area contributed by atoms with Gasteiger partial charge >= 0.3 is 11.7 Å². The van der Waals surface area contributed by atoms with Crippen molar-refractivity contribution in [1.82, 2.24) is 24.7 Å². The van der Waals surface area contributed by atoms with Gasteiger partial charge in [-0.1, -0.05) is 18.2 Å². The average Bonchev–Trinajstić information content (AvgIpc) is 2.79. The van der Waals surface area contributed by atoms with Crippen molar-refractivity contribution in [2.45, 2.75) is 10.2 Å². The van der Waals surface area contributed by atoms with Crippen LogP contribution in [0.4, 0.5) is 0 Å². The lowest BCUT2D eigenvalue weighted by molar-refractivity contribution is 0.0683. The van der Waals surface area contributed by atoms with Crippen LogP contribution in [0.5, 0.6) is 0 Å². The summed E-state index contributed by atoms with van der Waals surface area (Å²) in [7, 11) is 1.57. The number of benzene rings is 1. The van der Waals surface area contributed by atoms with Gasteiger partial charge < -0.3 is 5.11 Å². The second-order valence-electron chi connectivity index (χ2n) is 4.15. The van der Waals surface area contributed by atoms with Gasteiger partial charge in [0.2, 0.25) is 5.82 Å². The molecule has 2 heterocycles. The number of hydrogen-bond acceptors (Lipinski definition) is 6. The van der Waals surface area contributed by atoms with Crippen molar-refractivity contribution in [3.05, 3.63) is 40.6 Å². The van der Waals surface area contributed by atoms with Gasteiger partial charge in [-0.15, -0.1) is 5.10 Å². The maximum atomic E-state index is 11.4. The smallest absolute Gasteiger partial charge is 0.373 e. The number of rotatable bonds is 3. The summed E-state index contributed by atoms with van der Waals surface area (Å²) in [6, 6.07) is 7.06. The molecule has 0 bridgehead atoms. The van der Waals surface area contributed by atoms with Gasteiger partial charge in [-0.2, -0.15) is 0 Å². The Morgan fingerprint density at radius 1 is 1.33 bits per heavy atom. The van der Waals surface area contributed by atoms with E-state index in [1.54, 1.807) is 31.3 Å². The number of H-pyrrole nitrogens is 1. The highest BCUT2D eigenvalue weighted by Crippen LogP contribution is 2.29. The van der Waals surface area contributed by atoms with Crippen LogP contribution in [0.2, 0.25) is 0 Å². The fraction of sp³-hybridized carbons (Fsp3) is 0.0833. The molecule has 21 heavy (non-hydrogen) atoms. The number of carboxylic acids is 1. The highest BCUT2D eigenvalue weighted by atomic mass is 32.2. The molecule has 0 unspecified atom stereocenters. The maximum Gasteiger partial charge on any atom is 0.373 e. The molecule has 3 aromatic rings. The molecule has 1 aromatic carbocycles. The van der Waals surface area contributed by atoms with E-state index in [2.05, 4.69) is 20.2 Å². The van der Waals surface area contributed by atoms with Crippen molar-refractivity contribution < 1.29 is 9.90 Å². The van der Waals surface area contributed by atoms with Gasteiger partial charge in [-0.25, -0.2) is 24.7 Å². The molecule has 0 aliphatic rings. The Balaban J connectivity index is 2.18. The Morgan fingerprint density at radius 2 is 2.10 bits per heavy atom. The van der Waals surface area contributed by atoms with Gasteiger partial charge in [0.05, 0.1) is 5.52 Å². The standard InChI is InChI=1S/C12H9N5O3S/c1-17-11(20)15-16-12(17)21-9-6-4-2-3-5-7(6)13-8(14-9)10(18)19/h2-5H,1H3,(H,15,20)(H,18,19). The van der Waals surface area contributed by atoms with Crippen LogP contribution in [-0.2, 0) is 7.05 Å². The van der Waals surface area contributed by atoms with Gasteiger partial charge in [-0.05, 0) is 17.8 Å². The summed E-state index contributed by atoms with van der Waals surface area (Å²) in [4.78, 5) is 30.5. The normalized spacial score (nSPS) is 10.9. The third-order valence-electron chi connectivity index (χ3n) is 2.79. The minimum atomic E-state index is -1.21. The molecule has 0 atom stereocenters. The summed E-state index contributed by atoms with van der Waals surface area (Å²) in [5.74, 6) is -1.50. The van der Waals surface area contributed by atoms with Crippen LogP contribution in [0, 0.1) is 0 Å². The van der Waals surface area contributed by atoms with Gasteiger partial charge in [-0.3, -0.25) is 4.57 Å². The number of hydrogen-bond donors (Lipinski definition) is 2. The number of carbonyl (C=O) groups is 1. The van der Waals surface area contributed by atoms with Crippen LogP contribution in [0.25, 0.3) is 10.9 Å². The zero-order chi connectivity index (χ0) is 15.0. The van der Waals surface area contributed by atoms with Crippen molar-refractivity contribution in [3.63, 3.8) is 0 Å². The summed E-state index contributed by atoms with van der Waals surface area (Å²) < 4.78 is 1.32. The quantitative estimate of drug-likeness (QED) is 0.691. The second-order valence-corrected chi connectivity index (χ2v) is 5.10. The van der Waals surface area contributed by atoms with E-state index in [0.29, 0.717) is 21.1 Å². The van der Waals surface area contributed by atoms with Crippen LogP contribution in [0.1, 0.15) is 10.6 Å². The van der Waals surface area contributed by atoms with Crippen molar-refractivity contribution in [2.24, 2.45) is 7.05 Å². The first-order valence-corrected chi connectivity index (χ1v) is 6.67. The van der Waals surface area contributed by atoms with E-state index in [1.165, 1.54) is 4.57 Å². The second kappa shape index (κ2) is 5.02. The number of aromatic amines is 1. The molecule has 3 rings (SSSR count). The first-order chi connectivity index (χ1) is 10.1. The molecule has 2 N–H and O–H groups in total. The van der Waals surface area contributed by atoms with Gasteiger partial charge in [0.1, 0.15) is 5.03 Å². The molecule has 8 nitrogen and oxygen atoms in total. The molecule has 0 aliphatic heterocycles. The zero-order valence-electron chi connectivity index (χ0n) is 10.8. The Labute approximate surface area is 121 Å². The number of fused-ring (bicyclic) bond motifs is 1. The molecule has 0 radical (unpaired) electrons. The Kier molecular flexibility index (Phi) is 3.18. The predicted octanol–water partition coefficient (Wildman–Crippen LogP) is 0.901. The Hall–Kier alpha value is -2.68. The molecule has 0 spiro atoms. The molecule has 9 heteroatoms. The van der Waals surface area contributed by atoms with Gasteiger partial charge in [0.25, 0.3) is 0 Å². The van der Waals surface area contributed by atoms with Crippen LogP contribution in [0.3, 0.4) is 0 Å². The predicted molar refractivity (Wildman–Crippen MR) is 74.4 cm³/mol. The molecule has 0 saturated heterocycles. The lowest BCUT2D eigenvalue weighted by Gasteiger charge is -2.05. The summed E-state index contributed by atoms with van der Waals surface area (Å²) >= 11 is 1.10. The molecular formula is C12H9N5O3S. The fourth-order valence-electron chi connectivity index (χ4n) is 1.73. The fourth-order valence-corrected chi connectivity index (χ4v) is 2.63. The highest BCUT2D eigenvalue weighted by Gasteiger charge is 2.15. The molecule has 0 saturated carbocycles. The summed E-state index contributed by atoms with van der Waals surface area (Å²) in [5.41, 5.74) is 0.169. The third-order valence-corrected chi connectivity index (χ3v) is 3.84. The van der Waals surface area contributed by atoms with E-state index in [4.69, 9.17) is 5.11 Å². The average molecular weight is 303 g/mol. The number of nitrogens with one attached hydrogen (secondary N) is 1. The van der Waals surface area contributed by atoms with E-state index in [9.17, 15) is 9.59 Å². The molecule has 0 aliphatic carbocycles. The van der Waals surface area contributed by atoms with E-state index in [1.807, 2.05) is 0 Å². The summed E-state index contributed by atoms with van der Waals surface area (Å²) in [6.45, 7) is 0. The Bertz CT molecular complexity index is 901. The number of nitrogens with zero attached hydrogens (tertiary/aromatic N) is 4. The minimum absolute atomic E-state index is 0.295. The van der Waals surface area contributed by atoms with E-state index in [0.717, 1.165) is 11.8 Å². The lowest BCUT2D eigenvalue weighted by Crippen LogP contribution is -2.13. The highest BCUT2D eigenvalue weighted by molar-refractivity contribution is 7.99. The van der Waals surface area contributed by atoms with Crippen LogP contribution < -0.4 is 5.69 Å². The van der Waals surface area contributed by atoms with E-state index in [-0.39, 0.29) is 11.5 Å². The topological polar surface area (TPSA) is 114 Å². The summed E-state index contributed by atoms with van der Waals surface area (Å²) in [6.07, 6.45) is 0. The van der Waals surface area contributed by atoms with Gasteiger partial charge in [0, 0.05) is 12.4 Å². The van der Waals surface area contributed by atoms with Crippen molar-refractivity contribution >= 4 is 28.6 Å². The van der Waals surface area contributed by atoms with Crippen molar-refractivity contribution in [2.75, 3.05) is 0 Å². The zero-order valence-corrected chi connectivity index (χ0v) is 11.6. The van der Waals surface area contributed by atoms with Crippen LogP contribution >= 0.6 is 11.8 Å². The first kappa shape index (κ1) is 13.3. The first-order valence-electron chi connectivity index (χ1n) is 5.85. The third kappa shape index (κ3) is 2.38. The largest absolute Gasteiger partial charge is 0.475 e. The van der Waals surface area contributed by atoms with Gasteiger partial charge in [0.15, 0.2) is 5.16 Å². The molecular weight excluding hydrogens is 294 g/mol. The lowest BCUT2D eigenvalue weighted by atomic mass is 10.2. The van der Waals surface area contributed by atoms with E-state index >= 15 is 0 Å². The number of aromatic carboxylic acids is 1. The molecule has 2 aromatic heterocycles. The minimum Gasteiger partial charge on any atom is -0.475 e. The number of carboxylic acid groups (broad SMARTS) is 1. The number of aromatic nitrogens is 5. The molecule has 0 amide bonds. The SMILES string of the molecule is Cn1c(Sc2nc(C(=O)O)nc3ccccc23)n[nH]c1=O. The maximum absolute atomic E-state index is 11.4. The van der Waals surface area contributed by atoms with Crippen molar-refractivity contribution in [3.8, 4) is 0 Å². The van der Waals surface area contributed by atoms with Crippen LogP contribution in [0.15, 0.2) is 39.2 Å². The van der Waals surface area contributed by atoms with Crippen LogP contribution in [-0.4, -0.2) is 35.8 Å². The van der Waals surface area contributed by atoms with Crippen molar-refractivity contribution in [1.29, 1.82) is 0 Å². The molecule has 106 valence electrons. The van der Waals surface area contributed by atoms with E-state index < -0.39 is 5.97 Å². The Morgan fingerprint density at radius 3 is 2.76 bits per heavy atom. The molecule has 0 fully saturated rings. The number of para-hydroxylation sites is 1. The monoisotopic (exact) mass is 303 g/mol.